The number of hydrogen-bond acceptors (Lipinski definition) is 4. The van der Waals surface area contributed by atoms with Crippen LogP contribution in [0, 0.1) is 0 Å². The van der Waals surface area contributed by atoms with Crippen LogP contribution in [0.2, 0.25) is 0 Å². The van der Waals surface area contributed by atoms with E-state index >= 15 is 0 Å². The van der Waals surface area contributed by atoms with Crippen molar-refractivity contribution in [2.45, 2.75) is 26.4 Å². The maximum Gasteiger partial charge on any atom is 0.124 e. The van der Waals surface area contributed by atoms with Gasteiger partial charge in [0.05, 0.1) is 12.2 Å². The topological polar surface area (TPSA) is 61.7 Å². The van der Waals surface area contributed by atoms with Gasteiger partial charge in [-0.2, -0.15) is 0 Å². The van der Waals surface area contributed by atoms with Crippen molar-refractivity contribution in [2.75, 3.05) is 6.61 Å². The average molecular weight is 287 g/mol. The lowest BCUT2D eigenvalue weighted by molar-refractivity contribution is 0.339. The molecule has 0 aliphatic carbocycles. The second-order valence-corrected chi connectivity index (χ2v) is 4.89. The predicted molar refractivity (Wildman–Crippen MR) is 82.6 cm³/mol. The second-order valence-electron chi connectivity index (χ2n) is 4.89. The molecule has 2 rings (SSSR count). The fourth-order valence-electron chi connectivity index (χ4n) is 2.27. The molecule has 0 saturated carbocycles. The summed E-state index contributed by atoms with van der Waals surface area (Å²) in [5.74, 6) is 1.03. The lowest BCUT2D eigenvalue weighted by Crippen LogP contribution is -2.18. The van der Waals surface area contributed by atoms with Crippen LogP contribution < -0.4 is 10.1 Å². The quantitative estimate of drug-likeness (QED) is 0.762. The molecule has 0 aliphatic heterocycles. The minimum absolute atomic E-state index is 0.0954. The summed E-state index contributed by atoms with van der Waals surface area (Å²) in [5, 5.41) is 23.0. The molecule has 0 aliphatic rings. The summed E-state index contributed by atoms with van der Waals surface area (Å²) in [7, 11) is 0. The molecule has 0 aromatic heterocycles. The molecule has 3 N–H and O–H groups in total. The highest BCUT2D eigenvalue weighted by atomic mass is 16.5. The van der Waals surface area contributed by atoms with Crippen LogP contribution in [0.3, 0.4) is 0 Å². The van der Waals surface area contributed by atoms with E-state index in [-0.39, 0.29) is 17.5 Å². The van der Waals surface area contributed by atoms with Crippen molar-refractivity contribution in [3.05, 3.63) is 53.6 Å². The van der Waals surface area contributed by atoms with Gasteiger partial charge in [0.25, 0.3) is 0 Å². The van der Waals surface area contributed by atoms with E-state index < -0.39 is 0 Å². The number of rotatable bonds is 6. The summed E-state index contributed by atoms with van der Waals surface area (Å²) in [6.45, 7) is 5.12. The summed E-state index contributed by atoms with van der Waals surface area (Å²) >= 11 is 0. The van der Waals surface area contributed by atoms with E-state index in [4.69, 9.17) is 4.74 Å². The molecule has 2 aromatic rings. The van der Waals surface area contributed by atoms with E-state index in [9.17, 15) is 10.2 Å². The minimum atomic E-state index is -0.165. The first-order valence-corrected chi connectivity index (χ1v) is 7.07. The summed E-state index contributed by atoms with van der Waals surface area (Å²) in [5.41, 5.74) is 1.60. The molecular weight excluding hydrogens is 266 g/mol. The van der Waals surface area contributed by atoms with Gasteiger partial charge in [-0.15, -0.1) is 0 Å². The highest BCUT2D eigenvalue weighted by Gasteiger charge is 2.14. The van der Waals surface area contributed by atoms with Crippen LogP contribution >= 0.6 is 0 Å². The normalized spacial score (nSPS) is 12.1. The van der Waals surface area contributed by atoms with Gasteiger partial charge in [-0.25, -0.2) is 0 Å². The number of nitrogens with one attached hydrogen (secondary N) is 1. The monoisotopic (exact) mass is 287 g/mol. The van der Waals surface area contributed by atoms with Gasteiger partial charge in [0.2, 0.25) is 0 Å². The maximum absolute atomic E-state index is 9.85. The third kappa shape index (κ3) is 3.89. The fourth-order valence-corrected chi connectivity index (χ4v) is 2.27. The summed E-state index contributed by atoms with van der Waals surface area (Å²) in [6.07, 6.45) is 0. The maximum atomic E-state index is 9.85. The molecule has 4 nitrogen and oxygen atoms in total. The molecule has 0 fully saturated rings. The molecule has 112 valence electrons. The number of phenols is 2. The van der Waals surface area contributed by atoms with Crippen LogP contribution in [0.25, 0.3) is 0 Å². The Hall–Kier alpha value is -2.20. The van der Waals surface area contributed by atoms with E-state index in [0.29, 0.717) is 18.7 Å². The lowest BCUT2D eigenvalue weighted by Gasteiger charge is -2.17. The first-order valence-electron chi connectivity index (χ1n) is 7.07. The van der Waals surface area contributed by atoms with Crippen LogP contribution in [-0.4, -0.2) is 16.8 Å². The minimum Gasteiger partial charge on any atom is -0.507 e. The number of benzene rings is 2. The van der Waals surface area contributed by atoms with E-state index in [1.54, 1.807) is 18.2 Å². The van der Waals surface area contributed by atoms with E-state index in [1.807, 2.05) is 38.1 Å². The molecule has 0 spiro atoms. The molecule has 1 atom stereocenters. The van der Waals surface area contributed by atoms with Gasteiger partial charge >= 0.3 is 0 Å². The van der Waals surface area contributed by atoms with Gasteiger partial charge in [-0.1, -0.05) is 18.2 Å². The van der Waals surface area contributed by atoms with Crippen LogP contribution in [-0.2, 0) is 6.54 Å². The number of phenolic OH excluding ortho intramolecular Hbond substituents is 2. The molecular formula is C17H21NO3. The zero-order valence-corrected chi connectivity index (χ0v) is 12.3. The highest BCUT2D eigenvalue weighted by Crippen LogP contribution is 2.32. The predicted octanol–water partition coefficient (Wildman–Crippen LogP) is 3.35. The molecule has 21 heavy (non-hydrogen) atoms. The Bertz CT molecular complexity index is 578. The van der Waals surface area contributed by atoms with Crippen molar-refractivity contribution in [3.63, 3.8) is 0 Å². The molecule has 1 unspecified atom stereocenters. The molecule has 0 bridgehead atoms. The highest BCUT2D eigenvalue weighted by molar-refractivity contribution is 5.45. The molecule has 0 heterocycles. The van der Waals surface area contributed by atoms with Crippen molar-refractivity contribution in [1.29, 1.82) is 0 Å². The molecule has 4 heteroatoms. The molecule has 2 aromatic carbocycles. The Balaban J connectivity index is 2.04. The smallest absolute Gasteiger partial charge is 0.124 e. The van der Waals surface area contributed by atoms with E-state index in [2.05, 4.69) is 5.32 Å². The first-order chi connectivity index (χ1) is 10.1. The summed E-state index contributed by atoms with van der Waals surface area (Å²) in [4.78, 5) is 0. The van der Waals surface area contributed by atoms with Crippen LogP contribution in [0.4, 0.5) is 0 Å². The first kappa shape index (κ1) is 15.2. The third-order valence-corrected chi connectivity index (χ3v) is 3.31. The van der Waals surface area contributed by atoms with Gasteiger partial charge in [0.15, 0.2) is 0 Å². The molecule has 0 saturated heterocycles. The van der Waals surface area contributed by atoms with Gasteiger partial charge in [-0.3, -0.25) is 0 Å². The molecule has 0 radical (unpaired) electrons. The zero-order valence-electron chi connectivity index (χ0n) is 12.3. The number of ether oxygens (including phenoxy) is 1. The standard InChI is InChI=1S/C17H21NO3/c1-3-21-14-7-4-6-13(10-14)11-18-12(2)17-15(19)8-5-9-16(17)20/h4-10,12,18-20H,3,11H2,1-2H3. The Kier molecular flexibility index (Phi) is 5.06. The van der Waals surface area contributed by atoms with Crippen molar-refractivity contribution < 1.29 is 14.9 Å². The van der Waals surface area contributed by atoms with Crippen molar-refractivity contribution in [2.24, 2.45) is 0 Å². The Morgan fingerprint density at radius 2 is 1.76 bits per heavy atom. The van der Waals surface area contributed by atoms with Crippen LogP contribution in [0.1, 0.15) is 31.0 Å². The summed E-state index contributed by atoms with van der Waals surface area (Å²) in [6, 6.07) is 12.5. The van der Waals surface area contributed by atoms with Gasteiger partial charge in [0.1, 0.15) is 17.2 Å². The number of hydrogen-bond donors (Lipinski definition) is 3. The van der Waals surface area contributed by atoms with Gasteiger partial charge in [-0.05, 0) is 43.7 Å². The molecule has 0 amide bonds. The fraction of sp³-hybridized carbons (Fsp3) is 0.294. The third-order valence-electron chi connectivity index (χ3n) is 3.31. The lowest BCUT2D eigenvalue weighted by atomic mass is 10.1. The van der Waals surface area contributed by atoms with E-state index in [0.717, 1.165) is 11.3 Å². The Morgan fingerprint density at radius 1 is 1.10 bits per heavy atom. The van der Waals surface area contributed by atoms with Crippen molar-refractivity contribution >= 4 is 0 Å². The number of aromatic hydroxyl groups is 2. The van der Waals surface area contributed by atoms with Crippen molar-refractivity contribution in [1.82, 2.24) is 5.32 Å². The van der Waals surface area contributed by atoms with Crippen molar-refractivity contribution in [3.8, 4) is 17.2 Å². The zero-order chi connectivity index (χ0) is 15.2. The largest absolute Gasteiger partial charge is 0.507 e. The van der Waals surface area contributed by atoms with Crippen LogP contribution in [0.5, 0.6) is 17.2 Å². The van der Waals surface area contributed by atoms with Gasteiger partial charge in [0, 0.05) is 12.6 Å². The van der Waals surface area contributed by atoms with E-state index in [1.165, 1.54) is 0 Å². The van der Waals surface area contributed by atoms with Gasteiger partial charge < -0.3 is 20.3 Å². The second kappa shape index (κ2) is 6.99. The Labute approximate surface area is 125 Å². The Morgan fingerprint density at radius 3 is 2.43 bits per heavy atom. The SMILES string of the molecule is CCOc1cccc(CNC(C)c2c(O)cccc2O)c1. The van der Waals surface area contributed by atoms with Crippen LogP contribution in [0.15, 0.2) is 42.5 Å². The summed E-state index contributed by atoms with van der Waals surface area (Å²) < 4.78 is 5.47. The average Bonchev–Trinajstić information content (AvgIpc) is 2.46.